The maximum absolute atomic E-state index is 12.8. The Balaban J connectivity index is 1.30. The second-order valence-corrected chi connectivity index (χ2v) is 9.00. The molecule has 8 nitrogen and oxygen atoms in total. The Morgan fingerprint density at radius 2 is 1.74 bits per heavy atom. The van der Waals surface area contributed by atoms with Gasteiger partial charge in [-0.2, -0.15) is 0 Å². The topological polar surface area (TPSA) is 105 Å². The lowest BCUT2D eigenvalue weighted by atomic mass is 9.98. The molecule has 1 fully saturated rings. The van der Waals surface area contributed by atoms with Crippen LogP contribution in [0.1, 0.15) is 30.4 Å². The number of carbonyl (C=O) groups is 3. The number of amides is 2. The quantitative estimate of drug-likeness (QED) is 0.619. The van der Waals surface area contributed by atoms with Crippen LogP contribution in [-0.4, -0.2) is 67.4 Å². The minimum absolute atomic E-state index is 0.0211. The summed E-state index contributed by atoms with van der Waals surface area (Å²) in [5.74, 6) is -2.12. The third-order valence-corrected chi connectivity index (χ3v) is 6.66. The van der Waals surface area contributed by atoms with Crippen LogP contribution in [0.15, 0.2) is 48.5 Å². The fourth-order valence-electron chi connectivity index (χ4n) is 4.78. The maximum atomic E-state index is 12.8. The van der Waals surface area contributed by atoms with Gasteiger partial charge >= 0.3 is 12.1 Å². The molecule has 1 saturated heterocycles. The van der Waals surface area contributed by atoms with Crippen LogP contribution in [0, 0.1) is 11.8 Å². The number of rotatable bonds is 8. The molecule has 1 aliphatic heterocycles. The standard InChI is InChI=1S/C26H30N2O6/c1-16(25(30)31)14-28(2)24(29)23-17(11-12-33-23)13-27-26(32)34-15-22-20-9-5-3-7-18(20)19-8-4-6-10-21(19)22/h3-10,16-17,22-23H,11-15H2,1-2H3,(H,27,32)(H,30,31)/t16?,17-,23-/m0/s1. The molecule has 2 aliphatic rings. The smallest absolute Gasteiger partial charge is 0.407 e. The average molecular weight is 467 g/mol. The molecule has 2 N–H and O–H groups in total. The lowest BCUT2D eigenvalue weighted by molar-refractivity contribution is -0.146. The normalized spacial score (nSPS) is 19.7. The second-order valence-electron chi connectivity index (χ2n) is 9.00. The number of alkyl carbamates (subject to hydrolysis) is 1. The summed E-state index contributed by atoms with van der Waals surface area (Å²) >= 11 is 0. The van der Waals surface area contributed by atoms with E-state index in [4.69, 9.17) is 14.6 Å². The lowest BCUT2D eigenvalue weighted by Gasteiger charge is -2.25. The van der Waals surface area contributed by atoms with E-state index in [1.54, 1.807) is 14.0 Å². The number of likely N-dealkylation sites (N-methyl/N-ethyl adjacent to an activating group) is 1. The van der Waals surface area contributed by atoms with Gasteiger partial charge in [-0.25, -0.2) is 4.79 Å². The molecule has 2 aromatic rings. The second kappa shape index (κ2) is 10.3. The SMILES string of the molecule is CC(CN(C)C(=O)[C@H]1OCC[C@H]1CNC(=O)OCC1c2ccccc2-c2ccccc21)C(=O)O. The van der Waals surface area contributed by atoms with E-state index in [0.29, 0.717) is 13.0 Å². The van der Waals surface area contributed by atoms with Crippen LogP contribution in [0.4, 0.5) is 4.79 Å². The number of carboxylic acids is 1. The summed E-state index contributed by atoms with van der Waals surface area (Å²) in [4.78, 5) is 37.7. The highest BCUT2D eigenvalue weighted by atomic mass is 16.5. The Morgan fingerprint density at radius 1 is 1.12 bits per heavy atom. The monoisotopic (exact) mass is 466 g/mol. The molecule has 0 saturated carbocycles. The lowest BCUT2D eigenvalue weighted by Crippen LogP contribution is -2.44. The highest BCUT2D eigenvalue weighted by molar-refractivity contribution is 5.82. The van der Waals surface area contributed by atoms with Gasteiger partial charge < -0.3 is 24.8 Å². The molecule has 0 spiro atoms. The number of hydrogen-bond donors (Lipinski definition) is 2. The Kier molecular flexibility index (Phi) is 7.17. The Labute approximate surface area is 198 Å². The highest BCUT2D eigenvalue weighted by Crippen LogP contribution is 2.44. The van der Waals surface area contributed by atoms with Crippen molar-refractivity contribution in [3.63, 3.8) is 0 Å². The first-order valence-electron chi connectivity index (χ1n) is 11.5. The van der Waals surface area contributed by atoms with Crippen molar-refractivity contribution in [3.05, 3.63) is 59.7 Å². The zero-order valence-electron chi connectivity index (χ0n) is 19.4. The first-order chi connectivity index (χ1) is 16.4. The van der Waals surface area contributed by atoms with Crippen molar-refractivity contribution in [2.45, 2.75) is 25.4 Å². The number of carbonyl (C=O) groups excluding carboxylic acids is 2. The van der Waals surface area contributed by atoms with Gasteiger partial charge in [-0.15, -0.1) is 0 Å². The van der Waals surface area contributed by atoms with Crippen molar-refractivity contribution in [3.8, 4) is 11.1 Å². The van der Waals surface area contributed by atoms with Crippen LogP contribution in [0.2, 0.25) is 0 Å². The minimum Gasteiger partial charge on any atom is -0.481 e. The third kappa shape index (κ3) is 4.92. The molecule has 1 aliphatic carbocycles. The van der Waals surface area contributed by atoms with Crippen molar-refractivity contribution >= 4 is 18.0 Å². The van der Waals surface area contributed by atoms with E-state index in [2.05, 4.69) is 29.6 Å². The van der Waals surface area contributed by atoms with E-state index in [0.717, 1.165) is 22.3 Å². The highest BCUT2D eigenvalue weighted by Gasteiger charge is 2.37. The molecule has 1 unspecified atom stereocenters. The van der Waals surface area contributed by atoms with Gasteiger partial charge in [0.15, 0.2) is 0 Å². The molecule has 180 valence electrons. The minimum atomic E-state index is -0.958. The van der Waals surface area contributed by atoms with Gasteiger partial charge in [0.1, 0.15) is 12.7 Å². The summed E-state index contributed by atoms with van der Waals surface area (Å²) < 4.78 is 11.2. The number of nitrogens with zero attached hydrogens (tertiary/aromatic N) is 1. The Morgan fingerprint density at radius 3 is 2.35 bits per heavy atom. The molecule has 3 atom stereocenters. The first kappa shape index (κ1) is 23.8. The van der Waals surface area contributed by atoms with Gasteiger partial charge in [0, 0.05) is 38.6 Å². The zero-order valence-corrected chi connectivity index (χ0v) is 19.4. The van der Waals surface area contributed by atoms with Gasteiger partial charge in [-0.1, -0.05) is 55.5 Å². The molecule has 0 radical (unpaired) electrons. The van der Waals surface area contributed by atoms with Crippen LogP contribution in [0.5, 0.6) is 0 Å². The van der Waals surface area contributed by atoms with Crippen LogP contribution >= 0.6 is 0 Å². The number of nitrogens with one attached hydrogen (secondary N) is 1. The summed E-state index contributed by atoms with van der Waals surface area (Å²) in [6.45, 7) is 2.53. The Hall–Kier alpha value is -3.39. The molecule has 8 heteroatoms. The molecule has 2 aromatic carbocycles. The first-order valence-corrected chi connectivity index (χ1v) is 11.5. The van der Waals surface area contributed by atoms with Gasteiger partial charge in [0.2, 0.25) is 0 Å². The van der Waals surface area contributed by atoms with Crippen molar-refractivity contribution in [1.29, 1.82) is 0 Å². The fraction of sp³-hybridized carbons (Fsp3) is 0.423. The van der Waals surface area contributed by atoms with Crippen LogP contribution in [0.3, 0.4) is 0 Å². The summed E-state index contributed by atoms with van der Waals surface area (Å²) in [5, 5.41) is 11.9. The molecular formula is C26H30N2O6. The number of fused-ring (bicyclic) bond motifs is 3. The van der Waals surface area contributed by atoms with Gasteiger partial charge in [0.25, 0.3) is 5.91 Å². The summed E-state index contributed by atoms with van der Waals surface area (Å²) in [7, 11) is 1.57. The number of carboxylic acid groups (broad SMARTS) is 1. The number of ether oxygens (including phenoxy) is 2. The van der Waals surface area contributed by atoms with E-state index in [1.807, 2.05) is 24.3 Å². The van der Waals surface area contributed by atoms with Gasteiger partial charge in [-0.3, -0.25) is 9.59 Å². The van der Waals surface area contributed by atoms with E-state index in [-0.39, 0.29) is 37.4 Å². The van der Waals surface area contributed by atoms with Crippen molar-refractivity contribution in [1.82, 2.24) is 10.2 Å². The van der Waals surface area contributed by atoms with Gasteiger partial charge in [0.05, 0.1) is 5.92 Å². The summed E-state index contributed by atoms with van der Waals surface area (Å²) in [6.07, 6.45) is -0.616. The fourth-order valence-corrected chi connectivity index (χ4v) is 4.78. The van der Waals surface area contributed by atoms with Crippen LogP contribution in [0.25, 0.3) is 11.1 Å². The van der Waals surface area contributed by atoms with Gasteiger partial charge in [-0.05, 0) is 28.7 Å². The van der Waals surface area contributed by atoms with Crippen molar-refractivity contribution in [2.24, 2.45) is 11.8 Å². The molecule has 34 heavy (non-hydrogen) atoms. The average Bonchev–Trinajstić information content (AvgIpc) is 3.43. The Bertz CT molecular complexity index is 1030. The molecular weight excluding hydrogens is 436 g/mol. The van der Waals surface area contributed by atoms with E-state index in [9.17, 15) is 14.4 Å². The number of hydrogen-bond acceptors (Lipinski definition) is 5. The summed E-state index contributed by atoms with van der Waals surface area (Å²) in [6, 6.07) is 16.3. The van der Waals surface area contributed by atoms with Crippen LogP contribution < -0.4 is 5.32 Å². The molecule has 0 bridgehead atoms. The number of aliphatic carboxylic acids is 1. The van der Waals surface area contributed by atoms with E-state index >= 15 is 0 Å². The molecule has 0 aromatic heterocycles. The molecule has 1 heterocycles. The maximum Gasteiger partial charge on any atom is 0.407 e. The molecule has 4 rings (SSSR count). The summed E-state index contributed by atoms with van der Waals surface area (Å²) in [5.41, 5.74) is 4.62. The van der Waals surface area contributed by atoms with Crippen molar-refractivity contribution in [2.75, 3.05) is 33.4 Å². The number of benzene rings is 2. The van der Waals surface area contributed by atoms with Crippen molar-refractivity contribution < 1.29 is 29.0 Å². The predicted molar refractivity (Wildman–Crippen MR) is 125 cm³/mol. The largest absolute Gasteiger partial charge is 0.481 e. The third-order valence-electron chi connectivity index (χ3n) is 6.66. The van der Waals surface area contributed by atoms with Crippen LogP contribution in [-0.2, 0) is 19.1 Å². The molecule has 2 amide bonds. The zero-order chi connectivity index (χ0) is 24.2. The predicted octanol–water partition coefficient (Wildman–Crippen LogP) is 3.11. The van der Waals surface area contributed by atoms with E-state index < -0.39 is 24.1 Å². The van der Waals surface area contributed by atoms with E-state index in [1.165, 1.54) is 4.90 Å².